The van der Waals surface area contributed by atoms with Crippen LogP contribution in [0.1, 0.15) is 57.6 Å². The van der Waals surface area contributed by atoms with Crippen molar-refractivity contribution in [3.63, 3.8) is 0 Å². The molecule has 114 heavy (non-hydrogen) atoms. The second-order valence-corrected chi connectivity index (χ2v) is 34.4. The third kappa shape index (κ3) is 33.6. The fourth-order valence-electron chi connectivity index (χ4n) is 8.93. The van der Waals surface area contributed by atoms with Crippen LogP contribution in [0.15, 0.2) is 211 Å². The van der Waals surface area contributed by atoms with Gasteiger partial charge in [0, 0.05) is 102 Å². The van der Waals surface area contributed by atoms with Crippen LogP contribution in [-0.2, 0) is 30.0 Å². The summed E-state index contributed by atoms with van der Waals surface area (Å²) in [4.78, 5) is 121. The maximum atomic E-state index is 13.1. The maximum absolute atomic E-state index is 13.1. The lowest BCUT2D eigenvalue weighted by atomic mass is 9.08. The number of anilines is 3. The number of carboxylic acid groups (broad SMARTS) is 2. The summed E-state index contributed by atoms with van der Waals surface area (Å²) in [6.45, 7) is 5.69. The summed E-state index contributed by atoms with van der Waals surface area (Å²) in [5.74, 6) is 0.0606. The quantitative estimate of drug-likeness (QED) is 0.0218. The first-order chi connectivity index (χ1) is 54.0. The molecule has 14 aromatic rings. The molecule has 0 spiro atoms. The smallest absolute Gasteiger partial charge is 0.348 e. The summed E-state index contributed by atoms with van der Waals surface area (Å²) < 4.78 is 16.6. The van der Waals surface area contributed by atoms with Crippen LogP contribution in [-0.4, -0.2) is 170 Å². The Balaban J connectivity index is 0.000000352. The van der Waals surface area contributed by atoms with Crippen LogP contribution >= 0.6 is 147 Å². The van der Waals surface area contributed by atoms with E-state index < -0.39 is 23.5 Å². The lowest BCUT2D eigenvalue weighted by Crippen LogP contribution is -2.22. The van der Waals surface area contributed by atoms with Crippen LogP contribution in [0.5, 0.6) is 0 Å². The van der Waals surface area contributed by atoms with E-state index in [1.165, 1.54) is 77.3 Å². The van der Waals surface area contributed by atoms with Gasteiger partial charge in [0.1, 0.15) is 58.2 Å². The van der Waals surface area contributed by atoms with Crippen LogP contribution in [0.2, 0.25) is 0 Å². The molecule has 6 N–H and O–H groups in total. The third-order valence-electron chi connectivity index (χ3n) is 12.8. The zero-order valence-electron chi connectivity index (χ0n) is 60.1. The number of carboxylic acids is 2. The van der Waals surface area contributed by atoms with Crippen molar-refractivity contribution in [2.45, 2.75) is 43.8 Å². The molecule has 0 aliphatic rings. The molecular weight excluding hydrogens is 1750 g/mol. The van der Waals surface area contributed by atoms with E-state index in [1.807, 2.05) is 163 Å². The number of nitrogens with one attached hydrogen (secondary N) is 4. The van der Waals surface area contributed by atoms with Crippen molar-refractivity contribution in [3.8, 4) is 17.1 Å². The lowest BCUT2D eigenvalue weighted by molar-refractivity contribution is -0.134. The molecule has 0 aliphatic heterocycles. The number of carbonyl (C=O) groups is 5. The number of aryl methyl sites for hydroxylation is 1. The van der Waals surface area contributed by atoms with Crippen LogP contribution in [0.4, 0.5) is 17.1 Å². The SMILES string of the molecule is CC(=O)Nc1ccsc1C(=O)Nc1ccccc1.CC(=O)Nc1ccsc1C(=O)O.CC(=O)O.Cc1nc2ccsc2c(=O)n1-c1ccccc1.ClCCl.O=P(Cl)(Cl)Cl.O=c1c2sccc2nc(CBr)n1-c1ccccc1.O=c1c2sccc2nc(CSc2ncnc3nc[nH]c23)n1-c1ccccc1.[B].[B]B([B])[B].[B][B].[B][B][B]. The summed E-state index contributed by atoms with van der Waals surface area (Å²) in [5, 5.41) is 31.2. The van der Waals surface area contributed by atoms with Gasteiger partial charge in [0.25, 0.3) is 28.6 Å². The summed E-state index contributed by atoms with van der Waals surface area (Å²) in [7, 11) is 32.0. The Hall–Kier alpha value is -8.14. The molecule has 0 bridgehead atoms. The van der Waals surface area contributed by atoms with Gasteiger partial charge in [-0.1, -0.05) is 100 Å². The molecule has 0 fully saturated rings. The molecular formula is C67H56B10BrCl5N13O11PS6. The standard InChI is InChI=1S/C18H12N6OS2.C13H9BrN2OS.C13H12N2O2S.C13H10N2OS.C7H7NO3S.C2H4O2.CH2Cl2.B4.B3.B2.B.Cl3OP/c25-18-15-12(6-7-26-15)23-13(24(18)11-4-2-1-3-5-11)8-27-17-14-16(20-9-19-14)21-10-22-17;14-8-11-15-10-6-7-18-12(10)13(17)16(11)9-4-2-1-3-5-9;1-9(16)14-11-7-8-18-12(11)13(17)15-10-5-3-2-4-6-10;1-9-14-11-7-8-17-12(11)13(16)15(9)10-5-3-2-4-6-10;1-4(9)8-5-2-3-12-6(5)7(10)11;1-2(3)4;2-1-3;1-4(2)3;1-3-2;1-2;;1-5(2,3)4/h1-7,9-10H,8H2,(H,19,20,21,22);1-7H,8H2;2-8H,1H3,(H,14,16)(H,15,17);2-8H,1H3;2-3H,1H3,(H,8,9)(H,10,11);1H3,(H,3,4);1H2;;;;;. The van der Waals surface area contributed by atoms with E-state index >= 15 is 0 Å². The first-order valence-corrected chi connectivity index (χ1v) is 43.6. The number of imidazole rings is 1. The average Bonchev–Trinajstić information content (AvgIpc) is 1.61. The van der Waals surface area contributed by atoms with Gasteiger partial charge in [-0.05, 0) is 146 Å². The van der Waals surface area contributed by atoms with Crippen molar-refractivity contribution >= 4 is 311 Å². The van der Waals surface area contributed by atoms with Crippen molar-refractivity contribution in [2.24, 2.45) is 0 Å². The first-order valence-electron chi connectivity index (χ1n) is 31.6. The van der Waals surface area contributed by atoms with Gasteiger partial charge in [-0.25, -0.2) is 34.7 Å². The Morgan fingerprint density at radius 2 is 0.939 bits per heavy atom. The van der Waals surface area contributed by atoms with Crippen molar-refractivity contribution < 1.29 is 38.8 Å². The predicted molar refractivity (Wildman–Crippen MR) is 485 cm³/mol. The van der Waals surface area contributed by atoms with Crippen molar-refractivity contribution in [1.29, 1.82) is 0 Å². The van der Waals surface area contributed by atoms with Crippen molar-refractivity contribution in [2.75, 3.05) is 21.3 Å². The number of aromatic amines is 1. The van der Waals surface area contributed by atoms with Crippen LogP contribution < -0.4 is 32.6 Å². The highest BCUT2D eigenvalue weighted by Crippen LogP contribution is 2.61. The number of benzene rings is 4. The average molecular weight is 1810 g/mol. The Morgan fingerprint density at radius 3 is 1.35 bits per heavy atom. The molecule has 0 unspecified atom stereocenters. The number of aromatic nitrogens is 10. The minimum absolute atomic E-state index is 0. The molecule has 18 radical (unpaired) electrons. The van der Waals surface area contributed by atoms with Gasteiger partial charge in [0.2, 0.25) is 11.8 Å². The number of halogens is 6. The zero-order valence-corrected chi connectivity index (χ0v) is 71.3. The minimum Gasteiger partial charge on any atom is -0.481 e. The number of H-pyrrole nitrogens is 1. The van der Waals surface area contributed by atoms with Crippen LogP contribution in [0, 0.1) is 6.92 Å². The Labute approximate surface area is 723 Å². The Bertz CT molecular complexity index is 5560. The number of fused-ring (bicyclic) bond motifs is 4. The number of nitrogens with zero attached hydrogens (tertiary/aromatic N) is 9. The molecule has 4 aromatic carbocycles. The highest BCUT2D eigenvalue weighted by atomic mass is 79.9. The number of para-hydroxylation sites is 4. The largest absolute Gasteiger partial charge is 0.481 e. The number of hydrogen-bond acceptors (Lipinski definition) is 21. The number of thiophene rings is 5. The van der Waals surface area contributed by atoms with Gasteiger partial charge in [0.05, 0.1) is 67.7 Å². The molecule has 0 saturated carbocycles. The number of amides is 3. The lowest BCUT2D eigenvalue weighted by Gasteiger charge is -2.12. The number of alkyl halides is 3. The number of aliphatic carboxylic acids is 1. The molecule has 0 aliphatic carbocycles. The summed E-state index contributed by atoms with van der Waals surface area (Å²) in [6, 6.07) is 46.8. The first kappa shape index (κ1) is 100. The second kappa shape index (κ2) is 53.2. The van der Waals surface area contributed by atoms with Crippen LogP contribution in [0.3, 0.4) is 0 Å². The fraction of sp³-hybridized carbons (Fsp3) is 0.104. The van der Waals surface area contributed by atoms with Gasteiger partial charge in [-0.3, -0.25) is 51.8 Å². The van der Waals surface area contributed by atoms with Gasteiger partial charge >= 0.3 is 11.2 Å². The zero-order chi connectivity index (χ0) is 83.7. The number of carbonyl (C=O) groups excluding carboxylic acids is 3. The minimum atomic E-state index is -3.22. The molecule has 14 rings (SSSR count). The van der Waals surface area contributed by atoms with Gasteiger partial charge in [-0.15, -0.1) is 79.9 Å². The van der Waals surface area contributed by atoms with E-state index in [1.54, 1.807) is 42.9 Å². The molecule has 0 atom stereocenters. The third-order valence-corrected chi connectivity index (χ3v) is 18.8. The Morgan fingerprint density at radius 1 is 0.579 bits per heavy atom. The molecule has 568 valence electrons. The highest BCUT2D eigenvalue weighted by molar-refractivity contribution is 9.08. The van der Waals surface area contributed by atoms with Gasteiger partial charge < -0.3 is 31.1 Å². The number of hydrogen-bond donors (Lipinski definition) is 6. The number of rotatable bonds is 12. The van der Waals surface area contributed by atoms with Crippen molar-refractivity contribution in [1.82, 2.24) is 48.6 Å². The van der Waals surface area contributed by atoms with Crippen LogP contribution in [0.25, 0.3) is 58.9 Å². The monoisotopic (exact) mass is 1810 g/mol. The fourth-order valence-corrected chi connectivity index (χ4v) is 13.9. The van der Waals surface area contributed by atoms with E-state index in [2.05, 4.69) is 150 Å². The Kier molecular flexibility index (Phi) is 46.7. The highest BCUT2D eigenvalue weighted by Gasteiger charge is 2.19. The summed E-state index contributed by atoms with van der Waals surface area (Å²) in [5.41, 5.74) is 7.77. The summed E-state index contributed by atoms with van der Waals surface area (Å²) in [6.07, 6.45) is 2.42. The van der Waals surface area contributed by atoms with E-state index in [-0.39, 0.29) is 53.0 Å². The molecule has 24 nitrogen and oxygen atoms in total. The van der Waals surface area contributed by atoms with Crippen molar-refractivity contribution in [3.05, 3.63) is 250 Å². The normalized spacial score (nSPS) is 9.84. The predicted octanol–water partition coefficient (Wildman–Crippen LogP) is 14.4. The topological polar surface area (TPSA) is 338 Å². The molecule has 10 heterocycles. The van der Waals surface area contributed by atoms with Gasteiger partial charge in [-0.2, -0.15) is 0 Å². The van der Waals surface area contributed by atoms with Gasteiger partial charge in [0.15, 0.2) is 5.65 Å². The van der Waals surface area contributed by atoms with E-state index in [0.717, 1.165) is 81.0 Å². The van der Waals surface area contributed by atoms with E-state index in [4.69, 9.17) is 43.2 Å². The second-order valence-electron chi connectivity index (χ2n) is 20.9. The number of thioether (sulfide) groups is 1. The maximum Gasteiger partial charge on any atom is 0.348 e. The molecule has 0 saturated heterocycles. The van der Waals surface area contributed by atoms with E-state index in [0.29, 0.717) is 58.7 Å². The number of aromatic carboxylic acids is 1. The van der Waals surface area contributed by atoms with E-state index in [9.17, 15) is 38.1 Å². The molecule has 10 aromatic heterocycles. The molecule has 3 amide bonds. The molecule has 47 heteroatoms. The summed E-state index contributed by atoms with van der Waals surface area (Å²) >= 11 is 34.9.